The van der Waals surface area contributed by atoms with Crippen molar-refractivity contribution in [2.24, 2.45) is 0 Å². The number of aromatic nitrogens is 1. The predicted molar refractivity (Wildman–Crippen MR) is 106 cm³/mol. The number of benzene rings is 2. The van der Waals surface area contributed by atoms with Gasteiger partial charge in [0.15, 0.2) is 0 Å². The van der Waals surface area contributed by atoms with E-state index in [1.54, 1.807) is 19.1 Å². The fourth-order valence-electron chi connectivity index (χ4n) is 3.40. The van der Waals surface area contributed by atoms with Crippen molar-refractivity contribution in [3.8, 4) is 11.3 Å². The Balaban J connectivity index is 1.80. The molecule has 0 N–H and O–H groups in total. The number of carbonyl (C=O) groups is 1. The fourth-order valence-corrected chi connectivity index (χ4v) is 3.40. The Hall–Kier alpha value is -3.48. The summed E-state index contributed by atoms with van der Waals surface area (Å²) in [6, 6.07) is 18.0. The number of esters is 1. The average Bonchev–Trinajstić information content (AvgIpc) is 3.33. The molecule has 0 spiro atoms. The third kappa shape index (κ3) is 3.83. The van der Waals surface area contributed by atoms with Gasteiger partial charge in [-0.3, -0.25) is 0 Å². The van der Waals surface area contributed by atoms with Crippen LogP contribution in [-0.2, 0) is 17.5 Å². The average molecular weight is 413 g/mol. The monoisotopic (exact) mass is 413 g/mol. The molecule has 7 heteroatoms. The number of hydrogen-bond donors (Lipinski definition) is 0. The first-order valence-electron chi connectivity index (χ1n) is 9.38. The molecular weight excluding hydrogens is 395 g/mol. The molecule has 0 bridgehead atoms. The SMILES string of the molecule is CCOC(=O)c1ccc(Cn2c(-c3ccccc3)cc3cc(C(F)(F)F)ccc32)o1. The number of alkyl halides is 3. The molecule has 0 amide bonds. The molecule has 4 nitrogen and oxygen atoms in total. The number of fused-ring (bicyclic) bond motifs is 1. The number of halogens is 3. The zero-order valence-corrected chi connectivity index (χ0v) is 16.1. The van der Waals surface area contributed by atoms with Gasteiger partial charge in [-0.05, 0) is 48.9 Å². The third-order valence-electron chi connectivity index (χ3n) is 4.75. The van der Waals surface area contributed by atoms with Crippen molar-refractivity contribution in [3.63, 3.8) is 0 Å². The zero-order chi connectivity index (χ0) is 21.3. The van der Waals surface area contributed by atoms with Gasteiger partial charge in [0.25, 0.3) is 0 Å². The van der Waals surface area contributed by atoms with Gasteiger partial charge in [0, 0.05) is 16.6 Å². The molecule has 2 heterocycles. The molecule has 2 aromatic carbocycles. The lowest BCUT2D eigenvalue weighted by atomic mass is 10.1. The lowest BCUT2D eigenvalue weighted by Crippen LogP contribution is -2.05. The van der Waals surface area contributed by atoms with E-state index in [0.717, 1.165) is 23.4 Å². The largest absolute Gasteiger partial charge is 0.460 e. The van der Waals surface area contributed by atoms with Crippen LogP contribution in [-0.4, -0.2) is 17.1 Å². The van der Waals surface area contributed by atoms with Crippen molar-refractivity contribution in [2.45, 2.75) is 19.6 Å². The topological polar surface area (TPSA) is 44.4 Å². The lowest BCUT2D eigenvalue weighted by Gasteiger charge is -2.11. The number of nitrogens with zero attached hydrogens (tertiary/aromatic N) is 1. The van der Waals surface area contributed by atoms with Gasteiger partial charge in [-0.2, -0.15) is 13.2 Å². The van der Waals surface area contributed by atoms with Crippen molar-refractivity contribution < 1.29 is 27.1 Å². The molecule has 154 valence electrons. The normalized spacial score (nSPS) is 11.7. The predicted octanol–water partition coefficient (Wildman–Crippen LogP) is 6.15. The summed E-state index contributed by atoms with van der Waals surface area (Å²) in [5, 5.41) is 0.473. The van der Waals surface area contributed by atoms with E-state index in [-0.39, 0.29) is 18.9 Å². The molecular formula is C23H18F3NO3. The molecule has 0 atom stereocenters. The quantitative estimate of drug-likeness (QED) is 0.369. The maximum atomic E-state index is 13.2. The minimum absolute atomic E-state index is 0.0870. The van der Waals surface area contributed by atoms with Crippen LogP contribution in [0.3, 0.4) is 0 Å². The molecule has 0 saturated heterocycles. The van der Waals surface area contributed by atoms with Crippen LogP contribution in [0.5, 0.6) is 0 Å². The molecule has 0 saturated carbocycles. The summed E-state index contributed by atoms with van der Waals surface area (Å²) < 4.78 is 51.9. The number of rotatable bonds is 5. The molecule has 30 heavy (non-hydrogen) atoms. The van der Waals surface area contributed by atoms with Crippen molar-refractivity contribution in [2.75, 3.05) is 6.61 Å². The summed E-state index contributed by atoms with van der Waals surface area (Å²) in [5.41, 5.74) is 1.55. The van der Waals surface area contributed by atoms with Gasteiger partial charge in [0.05, 0.1) is 18.7 Å². The Labute approximate surface area is 170 Å². The van der Waals surface area contributed by atoms with Gasteiger partial charge >= 0.3 is 12.1 Å². The first-order valence-corrected chi connectivity index (χ1v) is 9.38. The summed E-state index contributed by atoms with van der Waals surface area (Å²) in [7, 11) is 0. The number of ether oxygens (including phenoxy) is 1. The highest BCUT2D eigenvalue weighted by Gasteiger charge is 2.31. The van der Waals surface area contributed by atoms with Crippen molar-refractivity contribution >= 4 is 16.9 Å². The summed E-state index contributed by atoms with van der Waals surface area (Å²) in [5.74, 6) is 0.0239. The maximum Gasteiger partial charge on any atom is 0.416 e. The van der Waals surface area contributed by atoms with Crippen LogP contribution >= 0.6 is 0 Å². The van der Waals surface area contributed by atoms with Crippen LogP contribution in [0.25, 0.3) is 22.2 Å². The number of hydrogen-bond acceptors (Lipinski definition) is 3. The first-order chi connectivity index (χ1) is 14.4. The Kier molecular flexibility index (Phi) is 5.11. The van der Waals surface area contributed by atoms with Crippen molar-refractivity contribution in [1.29, 1.82) is 0 Å². The van der Waals surface area contributed by atoms with E-state index in [1.165, 1.54) is 12.1 Å². The molecule has 0 unspecified atom stereocenters. The van der Waals surface area contributed by atoms with E-state index < -0.39 is 17.7 Å². The molecule has 2 aromatic heterocycles. The van der Waals surface area contributed by atoms with Crippen LogP contribution in [0, 0.1) is 0 Å². The van der Waals surface area contributed by atoms with Gasteiger partial charge in [-0.15, -0.1) is 0 Å². The first kappa shape index (κ1) is 19.8. The van der Waals surface area contributed by atoms with E-state index in [0.29, 0.717) is 16.7 Å². The second kappa shape index (κ2) is 7.74. The minimum Gasteiger partial charge on any atom is -0.460 e. The van der Waals surface area contributed by atoms with Gasteiger partial charge in [0.2, 0.25) is 5.76 Å². The highest BCUT2D eigenvalue weighted by Crippen LogP contribution is 2.35. The molecule has 4 rings (SSSR count). The van der Waals surface area contributed by atoms with Crippen LogP contribution in [0.2, 0.25) is 0 Å². The van der Waals surface area contributed by atoms with Crippen LogP contribution in [0.4, 0.5) is 13.2 Å². The van der Waals surface area contributed by atoms with Crippen LogP contribution in [0.1, 0.15) is 28.8 Å². The summed E-state index contributed by atoms with van der Waals surface area (Å²) in [6.07, 6.45) is -4.42. The smallest absolute Gasteiger partial charge is 0.416 e. The van der Waals surface area contributed by atoms with E-state index in [9.17, 15) is 18.0 Å². The Morgan fingerprint density at radius 3 is 2.50 bits per heavy atom. The molecule has 0 aliphatic heterocycles. The fraction of sp³-hybridized carbons (Fsp3) is 0.174. The minimum atomic E-state index is -4.42. The zero-order valence-electron chi connectivity index (χ0n) is 16.1. The molecule has 0 aliphatic rings. The Morgan fingerprint density at radius 2 is 1.80 bits per heavy atom. The molecule has 0 aliphatic carbocycles. The van der Waals surface area contributed by atoms with Gasteiger partial charge < -0.3 is 13.7 Å². The summed E-state index contributed by atoms with van der Waals surface area (Å²) in [4.78, 5) is 11.9. The van der Waals surface area contributed by atoms with E-state index in [1.807, 2.05) is 34.9 Å². The number of furan rings is 1. The van der Waals surface area contributed by atoms with E-state index >= 15 is 0 Å². The second-order valence-electron chi connectivity index (χ2n) is 6.74. The Morgan fingerprint density at radius 1 is 1.03 bits per heavy atom. The van der Waals surface area contributed by atoms with Gasteiger partial charge in [-0.25, -0.2) is 4.79 Å². The second-order valence-corrected chi connectivity index (χ2v) is 6.74. The highest BCUT2D eigenvalue weighted by atomic mass is 19.4. The van der Waals surface area contributed by atoms with Gasteiger partial charge in [-0.1, -0.05) is 30.3 Å². The third-order valence-corrected chi connectivity index (χ3v) is 4.75. The van der Waals surface area contributed by atoms with E-state index in [2.05, 4.69) is 0 Å². The molecule has 0 radical (unpaired) electrons. The lowest BCUT2D eigenvalue weighted by molar-refractivity contribution is -0.137. The molecule has 4 aromatic rings. The van der Waals surface area contributed by atoms with Crippen LogP contribution in [0.15, 0.2) is 71.1 Å². The van der Waals surface area contributed by atoms with Crippen molar-refractivity contribution in [1.82, 2.24) is 4.57 Å². The van der Waals surface area contributed by atoms with Crippen molar-refractivity contribution in [3.05, 3.63) is 83.8 Å². The Bertz CT molecular complexity index is 1190. The molecule has 0 fully saturated rings. The maximum absolute atomic E-state index is 13.2. The van der Waals surface area contributed by atoms with E-state index in [4.69, 9.17) is 9.15 Å². The number of carbonyl (C=O) groups excluding carboxylic acids is 1. The van der Waals surface area contributed by atoms with Gasteiger partial charge in [0.1, 0.15) is 5.76 Å². The highest BCUT2D eigenvalue weighted by molar-refractivity contribution is 5.88. The standard InChI is InChI=1S/C23H18F3NO3/c1-2-29-22(28)21-11-9-18(30-21)14-27-19-10-8-17(23(24,25)26)12-16(19)13-20(27)15-6-4-3-5-7-15/h3-13H,2,14H2,1H3. The van der Waals surface area contributed by atoms with Crippen LogP contribution < -0.4 is 0 Å². The summed E-state index contributed by atoms with van der Waals surface area (Å²) in [6.45, 7) is 2.18. The summed E-state index contributed by atoms with van der Waals surface area (Å²) >= 11 is 0.